The lowest BCUT2D eigenvalue weighted by Crippen LogP contribution is -2.36. The molecule has 2 heterocycles. The van der Waals surface area contributed by atoms with E-state index >= 15 is 0 Å². The quantitative estimate of drug-likeness (QED) is 0.776. The van der Waals surface area contributed by atoms with Gasteiger partial charge in [-0.3, -0.25) is 9.59 Å². The second-order valence-corrected chi connectivity index (χ2v) is 7.70. The van der Waals surface area contributed by atoms with Gasteiger partial charge >= 0.3 is 0 Å². The van der Waals surface area contributed by atoms with Gasteiger partial charge < -0.3 is 9.80 Å². The Morgan fingerprint density at radius 1 is 1.16 bits per heavy atom. The molecule has 2 aliphatic rings. The molecule has 25 heavy (non-hydrogen) atoms. The SMILES string of the molecule is O=C1CCCCN1CCCC(=O)N1CCC(Cc2ccc(Cl)cc2)C1. The summed E-state index contributed by atoms with van der Waals surface area (Å²) in [5.41, 5.74) is 1.28. The average molecular weight is 363 g/mol. The Morgan fingerprint density at radius 2 is 1.96 bits per heavy atom. The molecule has 0 aromatic heterocycles. The number of rotatable bonds is 6. The number of likely N-dealkylation sites (tertiary alicyclic amines) is 2. The first-order valence-corrected chi connectivity index (χ1v) is 9.79. The fourth-order valence-electron chi connectivity index (χ4n) is 3.86. The molecule has 4 nitrogen and oxygen atoms in total. The van der Waals surface area contributed by atoms with Crippen LogP contribution in [0.4, 0.5) is 0 Å². The predicted octanol–water partition coefficient (Wildman–Crippen LogP) is 3.52. The zero-order valence-corrected chi connectivity index (χ0v) is 15.5. The van der Waals surface area contributed by atoms with Crippen LogP contribution < -0.4 is 0 Å². The van der Waals surface area contributed by atoms with Gasteiger partial charge in [-0.2, -0.15) is 0 Å². The van der Waals surface area contributed by atoms with E-state index in [1.54, 1.807) is 0 Å². The lowest BCUT2D eigenvalue weighted by molar-refractivity contribution is -0.134. The minimum absolute atomic E-state index is 0.239. The molecule has 0 saturated carbocycles. The minimum Gasteiger partial charge on any atom is -0.343 e. The monoisotopic (exact) mass is 362 g/mol. The van der Waals surface area contributed by atoms with Crippen molar-refractivity contribution < 1.29 is 9.59 Å². The van der Waals surface area contributed by atoms with Crippen molar-refractivity contribution in [3.05, 3.63) is 34.9 Å². The van der Waals surface area contributed by atoms with E-state index in [0.717, 1.165) is 63.3 Å². The van der Waals surface area contributed by atoms with Gasteiger partial charge in [0.1, 0.15) is 0 Å². The van der Waals surface area contributed by atoms with Crippen molar-refractivity contribution >= 4 is 23.4 Å². The number of benzene rings is 1. The van der Waals surface area contributed by atoms with Crippen LogP contribution in [-0.2, 0) is 16.0 Å². The summed E-state index contributed by atoms with van der Waals surface area (Å²) in [6.45, 7) is 3.30. The van der Waals surface area contributed by atoms with E-state index in [1.165, 1.54) is 5.56 Å². The van der Waals surface area contributed by atoms with Gasteiger partial charge in [-0.25, -0.2) is 0 Å². The zero-order chi connectivity index (χ0) is 17.6. The molecule has 1 unspecified atom stereocenters. The lowest BCUT2D eigenvalue weighted by Gasteiger charge is -2.26. The largest absolute Gasteiger partial charge is 0.343 e. The number of amides is 2. The Kier molecular flexibility index (Phi) is 6.35. The van der Waals surface area contributed by atoms with Crippen molar-refractivity contribution in [1.29, 1.82) is 0 Å². The van der Waals surface area contributed by atoms with Gasteiger partial charge in [-0.05, 0) is 55.7 Å². The third kappa shape index (κ3) is 5.21. The number of carbonyl (C=O) groups excluding carboxylic acids is 2. The number of piperidine rings is 1. The summed E-state index contributed by atoms with van der Waals surface area (Å²) in [5.74, 6) is 1.03. The molecule has 136 valence electrons. The highest BCUT2D eigenvalue weighted by atomic mass is 35.5. The molecule has 2 saturated heterocycles. The van der Waals surface area contributed by atoms with Gasteiger partial charge in [0.15, 0.2) is 0 Å². The van der Waals surface area contributed by atoms with Crippen LogP contribution in [0, 0.1) is 5.92 Å². The van der Waals surface area contributed by atoms with Gasteiger partial charge in [0.2, 0.25) is 11.8 Å². The Balaban J connectivity index is 1.38. The molecule has 3 rings (SSSR count). The molecule has 0 radical (unpaired) electrons. The summed E-state index contributed by atoms with van der Waals surface area (Å²) < 4.78 is 0. The van der Waals surface area contributed by atoms with Gasteiger partial charge in [0.25, 0.3) is 0 Å². The second-order valence-electron chi connectivity index (χ2n) is 7.27. The maximum absolute atomic E-state index is 12.4. The molecular weight excluding hydrogens is 336 g/mol. The molecule has 0 N–H and O–H groups in total. The highest BCUT2D eigenvalue weighted by Crippen LogP contribution is 2.22. The molecule has 1 aromatic carbocycles. The highest BCUT2D eigenvalue weighted by molar-refractivity contribution is 6.30. The van der Waals surface area contributed by atoms with E-state index in [0.29, 0.717) is 18.8 Å². The van der Waals surface area contributed by atoms with Gasteiger partial charge in [-0.1, -0.05) is 23.7 Å². The molecule has 5 heteroatoms. The van der Waals surface area contributed by atoms with Crippen LogP contribution in [0.3, 0.4) is 0 Å². The van der Waals surface area contributed by atoms with Crippen LogP contribution in [0.2, 0.25) is 5.02 Å². The normalized spacial score (nSPS) is 21.0. The van der Waals surface area contributed by atoms with E-state index in [1.807, 2.05) is 21.9 Å². The van der Waals surface area contributed by atoms with E-state index < -0.39 is 0 Å². The fourth-order valence-corrected chi connectivity index (χ4v) is 3.98. The molecule has 2 amide bonds. The highest BCUT2D eigenvalue weighted by Gasteiger charge is 2.26. The van der Waals surface area contributed by atoms with E-state index in [4.69, 9.17) is 11.6 Å². The molecule has 1 atom stereocenters. The molecule has 0 bridgehead atoms. The second kappa shape index (κ2) is 8.70. The Hall–Kier alpha value is -1.55. The van der Waals surface area contributed by atoms with E-state index in [2.05, 4.69) is 12.1 Å². The number of hydrogen-bond donors (Lipinski definition) is 0. The average Bonchev–Trinajstić information content (AvgIpc) is 3.07. The standard InChI is InChI=1S/C20H27ClN2O2/c21-18-8-6-16(7-9-18)14-17-10-13-23(15-17)20(25)5-3-12-22-11-2-1-4-19(22)24/h6-9,17H,1-5,10-15H2. The van der Waals surface area contributed by atoms with Crippen molar-refractivity contribution in [3.8, 4) is 0 Å². The first-order valence-electron chi connectivity index (χ1n) is 9.42. The third-order valence-corrected chi connectivity index (χ3v) is 5.57. The van der Waals surface area contributed by atoms with Crippen LogP contribution >= 0.6 is 11.6 Å². The summed E-state index contributed by atoms with van der Waals surface area (Å²) in [6, 6.07) is 8.00. The Morgan fingerprint density at radius 3 is 2.72 bits per heavy atom. The Labute approximate surface area is 155 Å². The van der Waals surface area contributed by atoms with Gasteiger partial charge in [0, 0.05) is 44.0 Å². The zero-order valence-electron chi connectivity index (χ0n) is 14.8. The minimum atomic E-state index is 0.239. The number of nitrogens with zero attached hydrogens (tertiary/aromatic N) is 2. The first-order chi connectivity index (χ1) is 12.1. The van der Waals surface area contributed by atoms with Crippen LogP contribution in [0.25, 0.3) is 0 Å². The van der Waals surface area contributed by atoms with Gasteiger partial charge in [0.05, 0.1) is 0 Å². The maximum atomic E-state index is 12.4. The van der Waals surface area contributed by atoms with Crippen molar-refractivity contribution in [2.75, 3.05) is 26.2 Å². The number of halogens is 1. The molecular formula is C20H27ClN2O2. The first kappa shape index (κ1) is 18.2. The smallest absolute Gasteiger partial charge is 0.222 e. The van der Waals surface area contributed by atoms with Gasteiger partial charge in [-0.15, -0.1) is 0 Å². The van der Waals surface area contributed by atoms with Crippen LogP contribution in [0.15, 0.2) is 24.3 Å². The summed E-state index contributed by atoms with van der Waals surface area (Å²) in [4.78, 5) is 28.1. The lowest BCUT2D eigenvalue weighted by atomic mass is 9.99. The molecule has 1 aromatic rings. The molecule has 0 spiro atoms. The fraction of sp³-hybridized carbons (Fsp3) is 0.600. The summed E-state index contributed by atoms with van der Waals surface area (Å²) >= 11 is 5.93. The molecule has 2 aliphatic heterocycles. The van der Waals surface area contributed by atoms with Crippen molar-refractivity contribution in [3.63, 3.8) is 0 Å². The number of carbonyl (C=O) groups is 2. The number of hydrogen-bond acceptors (Lipinski definition) is 2. The third-order valence-electron chi connectivity index (χ3n) is 5.32. The molecule has 2 fully saturated rings. The summed E-state index contributed by atoms with van der Waals surface area (Å²) in [6.07, 6.45) is 6.18. The summed E-state index contributed by atoms with van der Waals surface area (Å²) in [7, 11) is 0. The molecule has 0 aliphatic carbocycles. The van der Waals surface area contributed by atoms with Crippen LogP contribution in [-0.4, -0.2) is 47.8 Å². The van der Waals surface area contributed by atoms with E-state index in [9.17, 15) is 9.59 Å². The van der Waals surface area contributed by atoms with Crippen molar-refractivity contribution in [1.82, 2.24) is 9.80 Å². The van der Waals surface area contributed by atoms with Crippen molar-refractivity contribution in [2.45, 2.75) is 44.9 Å². The Bertz CT molecular complexity index is 602. The van der Waals surface area contributed by atoms with Crippen LogP contribution in [0.5, 0.6) is 0 Å². The maximum Gasteiger partial charge on any atom is 0.222 e. The predicted molar refractivity (Wildman–Crippen MR) is 99.5 cm³/mol. The van der Waals surface area contributed by atoms with E-state index in [-0.39, 0.29) is 11.8 Å². The summed E-state index contributed by atoms with van der Waals surface area (Å²) in [5, 5.41) is 0.763. The van der Waals surface area contributed by atoms with Crippen molar-refractivity contribution in [2.24, 2.45) is 5.92 Å². The van der Waals surface area contributed by atoms with Crippen LogP contribution in [0.1, 0.15) is 44.1 Å². The topological polar surface area (TPSA) is 40.6 Å².